The van der Waals surface area contributed by atoms with E-state index in [2.05, 4.69) is 20.1 Å². The Morgan fingerprint density at radius 3 is 2.21 bits per heavy atom. The van der Waals surface area contributed by atoms with Crippen molar-refractivity contribution in [3.05, 3.63) is 11.6 Å². The largest absolute Gasteiger partial charge is 0.483 e. The molecule has 1 aliphatic heterocycles. The van der Waals surface area contributed by atoms with Crippen LogP contribution in [0.2, 0.25) is 0 Å². The third kappa shape index (κ3) is 5.00. The molecular weight excluding hydrogens is 316 g/mol. The standard InChI is InChI=1S/C13H22N4O.2CH2O2/c1-18-10-11-14-12(16-15-11)13(6-2-3-7-13)17-8-4-5-9-17;2*2-1-3/h2-10H2,1H3,(H,14,15,16);2*1H,(H,2,3). The molecular formula is C15H26N4O5. The maximum atomic E-state index is 8.36. The SMILES string of the molecule is COCc1nc(C2(N3CCCC3)CCCC2)n[nH]1.O=CO.O=CO. The summed E-state index contributed by atoms with van der Waals surface area (Å²) in [6.07, 6.45) is 7.64. The van der Waals surface area contributed by atoms with Crippen LogP contribution in [0.1, 0.15) is 50.2 Å². The number of aromatic nitrogens is 3. The van der Waals surface area contributed by atoms with Crippen molar-refractivity contribution in [3.8, 4) is 0 Å². The van der Waals surface area contributed by atoms with Gasteiger partial charge in [0.15, 0.2) is 11.6 Å². The normalized spacial score (nSPS) is 18.9. The first-order valence-corrected chi connectivity index (χ1v) is 8.00. The molecule has 1 aromatic rings. The van der Waals surface area contributed by atoms with Gasteiger partial charge in [0.05, 0.1) is 5.54 Å². The molecule has 0 spiro atoms. The molecule has 0 aromatic carbocycles. The molecule has 0 unspecified atom stereocenters. The van der Waals surface area contributed by atoms with E-state index in [-0.39, 0.29) is 18.5 Å². The number of hydrogen-bond acceptors (Lipinski definition) is 6. The molecule has 136 valence electrons. The molecule has 2 aliphatic rings. The minimum Gasteiger partial charge on any atom is -0.483 e. The number of aromatic amines is 1. The van der Waals surface area contributed by atoms with Gasteiger partial charge < -0.3 is 14.9 Å². The predicted molar refractivity (Wildman–Crippen MR) is 85.4 cm³/mol. The number of nitrogens with zero attached hydrogens (tertiary/aromatic N) is 3. The smallest absolute Gasteiger partial charge is 0.290 e. The van der Waals surface area contributed by atoms with Crippen LogP contribution in [0.5, 0.6) is 0 Å². The van der Waals surface area contributed by atoms with Crippen molar-refractivity contribution in [1.29, 1.82) is 0 Å². The van der Waals surface area contributed by atoms with Crippen molar-refractivity contribution in [2.45, 2.75) is 50.7 Å². The van der Waals surface area contributed by atoms with Crippen LogP contribution in [0.15, 0.2) is 0 Å². The monoisotopic (exact) mass is 342 g/mol. The predicted octanol–water partition coefficient (Wildman–Crippen LogP) is 1.22. The summed E-state index contributed by atoms with van der Waals surface area (Å²) < 4.78 is 5.11. The number of methoxy groups -OCH3 is 1. The third-order valence-corrected chi connectivity index (χ3v) is 4.37. The summed E-state index contributed by atoms with van der Waals surface area (Å²) in [5.74, 6) is 1.84. The Morgan fingerprint density at radius 2 is 1.71 bits per heavy atom. The van der Waals surface area contributed by atoms with E-state index in [1.54, 1.807) is 7.11 Å². The van der Waals surface area contributed by atoms with Gasteiger partial charge in [-0.25, -0.2) is 4.98 Å². The molecule has 0 bridgehead atoms. The molecule has 1 aromatic heterocycles. The van der Waals surface area contributed by atoms with Crippen LogP contribution in [0.4, 0.5) is 0 Å². The minimum absolute atomic E-state index is 0.110. The molecule has 24 heavy (non-hydrogen) atoms. The fraction of sp³-hybridized carbons (Fsp3) is 0.733. The number of carbonyl (C=O) groups is 2. The molecule has 1 saturated carbocycles. The lowest BCUT2D eigenvalue weighted by Crippen LogP contribution is -2.43. The molecule has 2 fully saturated rings. The molecule has 3 rings (SSSR count). The number of H-pyrrole nitrogens is 1. The molecule has 1 saturated heterocycles. The number of ether oxygens (including phenoxy) is 1. The lowest BCUT2D eigenvalue weighted by Gasteiger charge is -2.36. The lowest BCUT2D eigenvalue weighted by atomic mass is 9.94. The van der Waals surface area contributed by atoms with Crippen LogP contribution in [0.3, 0.4) is 0 Å². The molecule has 0 radical (unpaired) electrons. The fourth-order valence-electron chi connectivity index (χ4n) is 3.49. The summed E-state index contributed by atoms with van der Waals surface area (Å²) in [7, 11) is 1.69. The highest BCUT2D eigenvalue weighted by Crippen LogP contribution is 2.43. The van der Waals surface area contributed by atoms with Crippen molar-refractivity contribution in [2.24, 2.45) is 0 Å². The molecule has 0 atom stereocenters. The highest BCUT2D eigenvalue weighted by Gasteiger charge is 2.45. The number of carboxylic acid groups (broad SMARTS) is 2. The number of hydrogen-bond donors (Lipinski definition) is 3. The Balaban J connectivity index is 0.000000423. The summed E-state index contributed by atoms with van der Waals surface area (Å²) in [4.78, 5) is 24.0. The van der Waals surface area contributed by atoms with Crippen molar-refractivity contribution in [3.63, 3.8) is 0 Å². The van der Waals surface area contributed by atoms with Crippen LogP contribution in [-0.2, 0) is 26.5 Å². The van der Waals surface area contributed by atoms with Crippen molar-refractivity contribution >= 4 is 12.9 Å². The molecule has 9 nitrogen and oxygen atoms in total. The first-order valence-electron chi connectivity index (χ1n) is 8.00. The summed E-state index contributed by atoms with van der Waals surface area (Å²) >= 11 is 0. The average molecular weight is 342 g/mol. The van der Waals surface area contributed by atoms with Crippen LogP contribution in [0, 0.1) is 0 Å². The van der Waals surface area contributed by atoms with E-state index in [4.69, 9.17) is 24.5 Å². The second-order valence-electron chi connectivity index (χ2n) is 5.68. The lowest BCUT2D eigenvalue weighted by molar-refractivity contribution is -0.123. The third-order valence-electron chi connectivity index (χ3n) is 4.37. The molecule has 2 heterocycles. The van der Waals surface area contributed by atoms with Gasteiger partial charge >= 0.3 is 0 Å². The highest BCUT2D eigenvalue weighted by atomic mass is 16.5. The van der Waals surface area contributed by atoms with Crippen molar-refractivity contribution in [1.82, 2.24) is 20.1 Å². The molecule has 1 aliphatic carbocycles. The highest BCUT2D eigenvalue weighted by molar-refractivity contribution is 5.33. The summed E-state index contributed by atoms with van der Waals surface area (Å²) in [6.45, 7) is 2.42. The Bertz CT molecular complexity index is 476. The maximum Gasteiger partial charge on any atom is 0.290 e. The van der Waals surface area contributed by atoms with Crippen molar-refractivity contribution in [2.75, 3.05) is 20.2 Å². The van der Waals surface area contributed by atoms with Crippen LogP contribution < -0.4 is 0 Å². The van der Waals surface area contributed by atoms with E-state index < -0.39 is 0 Å². The zero-order valence-electron chi connectivity index (χ0n) is 14.0. The summed E-state index contributed by atoms with van der Waals surface area (Å²) in [5, 5.41) is 21.3. The van der Waals surface area contributed by atoms with Gasteiger partial charge in [-0.15, -0.1) is 0 Å². The summed E-state index contributed by atoms with van der Waals surface area (Å²) in [5.41, 5.74) is 0.110. The first-order chi connectivity index (χ1) is 11.7. The van der Waals surface area contributed by atoms with E-state index in [9.17, 15) is 0 Å². The van der Waals surface area contributed by atoms with E-state index in [1.165, 1.54) is 51.6 Å². The first kappa shape index (κ1) is 20.0. The Labute approximate surface area is 141 Å². The van der Waals surface area contributed by atoms with Gasteiger partial charge in [0.1, 0.15) is 6.61 Å². The zero-order valence-corrected chi connectivity index (χ0v) is 14.0. The van der Waals surface area contributed by atoms with E-state index in [0.29, 0.717) is 6.61 Å². The van der Waals surface area contributed by atoms with E-state index >= 15 is 0 Å². The average Bonchev–Trinajstić information content (AvgIpc) is 3.31. The molecule has 0 amide bonds. The van der Waals surface area contributed by atoms with Gasteiger partial charge in [0.25, 0.3) is 12.9 Å². The van der Waals surface area contributed by atoms with Gasteiger partial charge in [-0.1, -0.05) is 12.8 Å². The fourth-order valence-corrected chi connectivity index (χ4v) is 3.49. The number of rotatable bonds is 4. The van der Waals surface area contributed by atoms with Gasteiger partial charge in [0, 0.05) is 7.11 Å². The Morgan fingerprint density at radius 1 is 1.17 bits per heavy atom. The molecule has 9 heteroatoms. The second kappa shape index (κ2) is 10.7. The van der Waals surface area contributed by atoms with Crippen LogP contribution in [-0.4, -0.2) is 63.4 Å². The maximum absolute atomic E-state index is 8.36. The van der Waals surface area contributed by atoms with Crippen molar-refractivity contribution < 1.29 is 24.5 Å². The second-order valence-corrected chi connectivity index (χ2v) is 5.68. The summed E-state index contributed by atoms with van der Waals surface area (Å²) in [6, 6.07) is 0. The van der Waals surface area contributed by atoms with E-state index in [1.807, 2.05) is 0 Å². The molecule has 3 N–H and O–H groups in total. The van der Waals surface area contributed by atoms with Gasteiger partial charge in [-0.2, -0.15) is 5.10 Å². The van der Waals surface area contributed by atoms with Gasteiger partial charge in [0.2, 0.25) is 0 Å². The van der Waals surface area contributed by atoms with Gasteiger partial charge in [-0.3, -0.25) is 19.6 Å². The van der Waals surface area contributed by atoms with E-state index in [0.717, 1.165) is 11.6 Å². The van der Waals surface area contributed by atoms with Crippen LogP contribution in [0.25, 0.3) is 0 Å². The number of nitrogens with one attached hydrogen (secondary N) is 1. The van der Waals surface area contributed by atoms with Crippen LogP contribution >= 0.6 is 0 Å². The zero-order chi connectivity index (χ0) is 17.8. The number of likely N-dealkylation sites (tertiary alicyclic amines) is 1. The Kier molecular flexibility index (Phi) is 8.95. The minimum atomic E-state index is -0.250. The van der Waals surface area contributed by atoms with Gasteiger partial charge in [-0.05, 0) is 38.8 Å². The topological polar surface area (TPSA) is 129 Å². The quantitative estimate of drug-likeness (QED) is 0.697. The Hall–Kier alpha value is -2.00.